The maximum Gasteiger partial charge on any atom is 1.00 e. The molecule has 2 heterocycles. The molecule has 1 saturated heterocycles. The molecule has 0 radical (unpaired) electrons. The van der Waals surface area contributed by atoms with Crippen LogP contribution in [0.1, 0.15) is 59.8 Å². The number of hydrogen-bond donors (Lipinski definition) is 1. The number of likely N-dealkylation sites (tertiary alicyclic amines) is 1. The summed E-state index contributed by atoms with van der Waals surface area (Å²) in [6.07, 6.45) is 3.72. The number of hydrogen-bond acceptors (Lipinski definition) is 7. The number of carbonyl (C=O) groups excluding carboxylic acids is 3. The molecule has 2 aromatic carbocycles. The van der Waals surface area contributed by atoms with Crippen molar-refractivity contribution in [2.45, 2.75) is 62.5 Å². The van der Waals surface area contributed by atoms with Crippen LogP contribution >= 0.6 is 23.2 Å². The van der Waals surface area contributed by atoms with Crippen LogP contribution in [0.2, 0.25) is 5.02 Å². The summed E-state index contributed by atoms with van der Waals surface area (Å²) in [5.41, 5.74) is 2.32. The van der Waals surface area contributed by atoms with Gasteiger partial charge in [0.1, 0.15) is 11.6 Å². The third-order valence-electron chi connectivity index (χ3n) is 8.31. The van der Waals surface area contributed by atoms with E-state index in [1.165, 1.54) is 0 Å². The minimum absolute atomic E-state index is 0. The van der Waals surface area contributed by atoms with Gasteiger partial charge in [-0.25, -0.2) is 4.90 Å². The molecule has 3 aromatic rings. The van der Waals surface area contributed by atoms with Gasteiger partial charge in [0.2, 0.25) is 0 Å². The fraction of sp³-hybridized carbons (Fsp3) is 0.452. The van der Waals surface area contributed by atoms with E-state index < -0.39 is 23.5 Å². The van der Waals surface area contributed by atoms with Crippen molar-refractivity contribution in [1.82, 2.24) is 9.47 Å². The molecule has 1 aliphatic carbocycles. The molecule has 1 amide bonds. The fourth-order valence-corrected chi connectivity index (χ4v) is 6.48. The Kier molecular flexibility index (Phi) is 21.1. The molecule has 14 nitrogen and oxygen atoms in total. The summed E-state index contributed by atoms with van der Waals surface area (Å²) in [4.78, 5) is 40.1. The minimum Gasteiger partial charge on any atom is -0.550 e. The van der Waals surface area contributed by atoms with Crippen molar-refractivity contribution in [2.75, 3.05) is 19.0 Å². The number of ketones is 1. The molecule has 2 fully saturated rings. The minimum atomic E-state index is -1.08. The molecule has 0 spiro atoms. The number of aryl methyl sites for hydroxylation is 1. The molecule has 264 valence electrons. The van der Waals surface area contributed by atoms with Crippen molar-refractivity contribution in [2.24, 2.45) is 13.0 Å². The number of halogens is 2. The van der Waals surface area contributed by atoms with Crippen molar-refractivity contribution in [3.63, 3.8) is 0 Å². The van der Waals surface area contributed by atoms with Gasteiger partial charge in [-0.15, -0.1) is 11.6 Å². The number of carboxylic acids is 1. The van der Waals surface area contributed by atoms with E-state index >= 15 is 0 Å². The van der Waals surface area contributed by atoms with Crippen molar-refractivity contribution < 1.29 is 85.9 Å². The van der Waals surface area contributed by atoms with Gasteiger partial charge < -0.3 is 56.6 Å². The topological polar surface area (TPSA) is 270 Å². The molecule has 48 heavy (non-hydrogen) atoms. The Labute approximate surface area is 310 Å². The number of ether oxygens (including phenoxy) is 2. The van der Waals surface area contributed by atoms with Gasteiger partial charge in [-0.1, -0.05) is 35.9 Å². The first kappa shape index (κ1) is 48.0. The Morgan fingerprint density at radius 3 is 2.23 bits per heavy atom. The van der Waals surface area contributed by atoms with Gasteiger partial charge in [0.15, 0.2) is 12.0 Å². The number of rotatable bonds is 10. The summed E-state index contributed by atoms with van der Waals surface area (Å²) in [5.74, 6) is -2.21. The first-order valence-electron chi connectivity index (χ1n) is 14.2. The Hall–Kier alpha value is -2.15. The molecule has 1 saturated carbocycles. The SMILES string of the molecule is CO[C@H]1CCCN1C(OC1CCC(C(=O)[O-])CC1)C(=O)C(Cl)c1ccc(NC(=O)c2cn(C)c3ccccc23)c(Cl)c1.O.O.O.O.O.[Na+]. The van der Waals surface area contributed by atoms with Crippen LogP contribution < -0.4 is 40.0 Å². The van der Waals surface area contributed by atoms with Crippen LogP contribution in [0.15, 0.2) is 48.7 Å². The number of methoxy groups -OCH3 is 1. The summed E-state index contributed by atoms with van der Waals surface area (Å²) in [6.45, 7) is 0.604. The van der Waals surface area contributed by atoms with Gasteiger partial charge >= 0.3 is 29.6 Å². The molecule has 2 unspecified atom stereocenters. The summed E-state index contributed by atoms with van der Waals surface area (Å²) in [6, 6.07) is 12.5. The number of aliphatic carboxylic acids is 1. The molecule has 1 aromatic heterocycles. The van der Waals surface area contributed by atoms with E-state index in [4.69, 9.17) is 32.7 Å². The van der Waals surface area contributed by atoms with E-state index in [1.807, 2.05) is 40.8 Å². The molecule has 5 rings (SSSR count). The van der Waals surface area contributed by atoms with Crippen LogP contribution in [0.5, 0.6) is 0 Å². The van der Waals surface area contributed by atoms with Crippen LogP contribution in [0.25, 0.3) is 10.9 Å². The van der Waals surface area contributed by atoms with Crippen LogP contribution in [-0.4, -0.2) is 86.7 Å². The summed E-state index contributed by atoms with van der Waals surface area (Å²) in [5, 5.41) is 14.1. The first-order chi connectivity index (χ1) is 20.2. The van der Waals surface area contributed by atoms with E-state index in [0.29, 0.717) is 49.0 Å². The average molecular weight is 729 g/mol. The number of Topliss-reactive ketones (excluding diaryl/α,β-unsaturated/α-hetero) is 1. The second-order valence-corrected chi connectivity index (χ2v) is 11.8. The second kappa shape index (κ2) is 21.2. The molecule has 0 bridgehead atoms. The number of nitrogens with one attached hydrogen (secondary N) is 1. The van der Waals surface area contributed by atoms with Gasteiger partial charge in [0.05, 0.1) is 22.4 Å². The number of carbonyl (C=O) groups is 3. The van der Waals surface area contributed by atoms with Crippen LogP contribution in [0.4, 0.5) is 5.69 Å². The van der Waals surface area contributed by atoms with E-state index in [-0.39, 0.29) is 86.0 Å². The van der Waals surface area contributed by atoms with E-state index in [1.54, 1.807) is 31.5 Å². The molecule has 3 atom stereocenters. The number of alkyl halides is 1. The third kappa shape index (κ3) is 10.4. The zero-order chi connectivity index (χ0) is 30.0. The quantitative estimate of drug-likeness (QED) is 0.173. The van der Waals surface area contributed by atoms with Crippen LogP contribution in [-0.2, 0) is 26.1 Å². The standard InChI is InChI=1S/C31H35Cl2N3O6.Na.5H2O/c1-35-17-22(21-6-3-4-7-25(21)35)29(38)34-24-14-11-19(16-23(24)32)27(33)28(37)30(36-15-5-8-26(36)41-2)42-20-12-9-18(10-13-20)31(39)40;;;;;;/h3-4,6-7,11,14,16-18,20,26-27,30H,5,8-10,12-13,15H2,1-2H3,(H,34,38)(H,39,40);;5*1H2/q;+1;;;;;/p-1/t18?,20?,26-,27?,30?;;;;;;/m0....../s1. The van der Waals surface area contributed by atoms with Crippen molar-refractivity contribution in [1.29, 1.82) is 0 Å². The maximum atomic E-state index is 13.9. The smallest absolute Gasteiger partial charge is 0.550 e. The summed E-state index contributed by atoms with van der Waals surface area (Å²) in [7, 11) is 3.48. The molecule has 2 aliphatic rings. The normalized spacial score (nSPS) is 19.8. The van der Waals surface area contributed by atoms with Crippen LogP contribution in [0.3, 0.4) is 0 Å². The summed E-state index contributed by atoms with van der Waals surface area (Å²) < 4.78 is 13.8. The first-order valence-corrected chi connectivity index (χ1v) is 15.0. The van der Waals surface area contributed by atoms with Crippen molar-refractivity contribution in [3.8, 4) is 0 Å². The van der Waals surface area contributed by atoms with E-state index in [0.717, 1.165) is 23.7 Å². The maximum absolute atomic E-state index is 13.9. The van der Waals surface area contributed by atoms with Gasteiger partial charge in [-0.2, -0.15) is 0 Å². The monoisotopic (exact) mass is 727 g/mol. The Bertz CT molecular complexity index is 1490. The number of para-hydroxylation sites is 1. The molecular weight excluding hydrogens is 684 g/mol. The predicted molar refractivity (Wildman–Crippen MR) is 176 cm³/mol. The van der Waals surface area contributed by atoms with Gasteiger partial charge in [-0.3, -0.25) is 9.59 Å². The van der Waals surface area contributed by atoms with Crippen LogP contribution in [0, 0.1) is 5.92 Å². The predicted octanol–water partition coefficient (Wildman–Crippen LogP) is -2.47. The fourth-order valence-electron chi connectivity index (χ4n) is 6.00. The average Bonchev–Trinajstić information content (AvgIpc) is 3.61. The number of amides is 1. The zero-order valence-corrected chi connectivity index (χ0v) is 30.6. The molecule has 11 N–H and O–H groups in total. The largest absolute Gasteiger partial charge is 1.00 e. The number of aromatic nitrogens is 1. The molecular formula is C31H44Cl2N3NaO11. The number of nitrogens with zero attached hydrogens (tertiary/aromatic N) is 2. The van der Waals surface area contributed by atoms with Crippen molar-refractivity contribution >= 4 is 57.5 Å². The number of anilines is 1. The Balaban J connectivity index is 0. The van der Waals surface area contributed by atoms with Gasteiger partial charge in [-0.05, 0) is 68.2 Å². The molecule has 1 aliphatic heterocycles. The number of carboxylic acid groups (broad SMARTS) is 1. The second-order valence-electron chi connectivity index (χ2n) is 11.0. The number of benzene rings is 2. The van der Waals surface area contributed by atoms with Crippen molar-refractivity contribution in [3.05, 3.63) is 64.8 Å². The van der Waals surface area contributed by atoms with Gasteiger partial charge in [0.25, 0.3) is 5.91 Å². The zero-order valence-electron chi connectivity index (χ0n) is 27.1. The van der Waals surface area contributed by atoms with E-state index in [2.05, 4.69) is 5.32 Å². The van der Waals surface area contributed by atoms with Gasteiger partial charge in [0, 0.05) is 43.8 Å². The third-order valence-corrected chi connectivity index (χ3v) is 9.09. The molecule has 17 heteroatoms. The Morgan fingerprint density at radius 1 is 0.979 bits per heavy atom. The Morgan fingerprint density at radius 2 is 1.62 bits per heavy atom. The van der Waals surface area contributed by atoms with E-state index in [9.17, 15) is 19.5 Å². The summed E-state index contributed by atoms with van der Waals surface area (Å²) >= 11 is 13.3. The number of fused-ring (bicyclic) bond motifs is 1.